The fourth-order valence-electron chi connectivity index (χ4n) is 3.27. The predicted octanol–water partition coefficient (Wildman–Crippen LogP) is 2.40. The molecule has 1 unspecified atom stereocenters. The molecule has 1 saturated heterocycles. The maximum absolute atomic E-state index is 5.28. The molecule has 0 saturated carbocycles. The molecule has 3 rings (SSSR count). The van der Waals surface area contributed by atoms with Crippen molar-refractivity contribution < 1.29 is 9.26 Å². The van der Waals surface area contributed by atoms with E-state index in [2.05, 4.69) is 32.9 Å². The van der Waals surface area contributed by atoms with Gasteiger partial charge in [0.05, 0.1) is 18.5 Å². The molecule has 1 aliphatic heterocycles. The van der Waals surface area contributed by atoms with E-state index in [-0.39, 0.29) is 0 Å². The van der Waals surface area contributed by atoms with E-state index in [1.165, 1.54) is 5.56 Å². The number of ether oxygens (including phenoxy) is 1. The van der Waals surface area contributed by atoms with Crippen molar-refractivity contribution in [3.05, 3.63) is 40.9 Å². The minimum atomic E-state index is 0.479. The molecule has 0 spiro atoms. The molecule has 0 bridgehead atoms. The number of hydrogen-bond acceptors (Lipinski definition) is 6. The first-order chi connectivity index (χ1) is 11.6. The molecule has 1 atom stereocenters. The molecule has 6 nitrogen and oxygen atoms in total. The molecule has 2 aromatic rings. The third kappa shape index (κ3) is 3.76. The summed E-state index contributed by atoms with van der Waals surface area (Å²) in [5.74, 6) is 1.61. The summed E-state index contributed by atoms with van der Waals surface area (Å²) in [5, 5.41) is 4.06. The lowest BCUT2D eigenvalue weighted by Gasteiger charge is -2.39. The van der Waals surface area contributed by atoms with Crippen LogP contribution in [-0.2, 0) is 13.1 Å². The summed E-state index contributed by atoms with van der Waals surface area (Å²) in [4.78, 5) is 9.48. The van der Waals surface area contributed by atoms with Crippen LogP contribution >= 0.6 is 0 Å². The van der Waals surface area contributed by atoms with Crippen LogP contribution in [0.15, 0.2) is 22.7 Å². The predicted molar refractivity (Wildman–Crippen MR) is 91.9 cm³/mol. The van der Waals surface area contributed by atoms with E-state index < -0.39 is 0 Å². The zero-order valence-corrected chi connectivity index (χ0v) is 15.0. The topological polar surface area (TPSA) is 54.6 Å². The standard InChI is InChI=1S/C18H26N4O2/c1-13-10-21(12-17-14(2)20-24-15(17)3)8-9-22(13)11-16-6-5-7-18(19-16)23-4/h5-7,13H,8-12H2,1-4H3. The number of aromatic nitrogens is 2. The van der Waals surface area contributed by atoms with E-state index in [0.29, 0.717) is 11.9 Å². The van der Waals surface area contributed by atoms with Crippen molar-refractivity contribution >= 4 is 0 Å². The highest BCUT2D eigenvalue weighted by atomic mass is 16.5. The van der Waals surface area contributed by atoms with Crippen LogP contribution < -0.4 is 4.74 Å². The average molecular weight is 330 g/mol. The van der Waals surface area contributed by atoms with Gasteiger partial charge in [0.2, 0.25) is 5.88 Å². The summed E-state index contributed by atoms with van der Waals surface area (Å²) >= 11 is 0. The molecule has 0 radical (unpaired) electrons. The molecule has 6 heteroatoms. The Kier molecular flexibility index (Phi) is 5.16. The van der Waals surface area contributed by atoms with E-state index in [4.69, 9.17) is 9.26 Å². The van der Waals surface area contributed by atoms with Crippen molar-refractivity contribution in [2.45, 2.75) is 39.9 Å². The summed E-state index contributed by atoms with van der Waals surface area (Å²) in [6, 6.07) is 6.42. The van der Waals surface area contributed by atoms with Crippen molar-refractivity contribution in [1.82, 2.24) is 19.9 Å². The van der Waals surface area contributed by atoms with Gasteiger partial charge >= 0.3 is 0 Å². The second-order valence-corrected chi connectivity index (χ2v) is 6.53. The van der Waals surface area contributed by atoms with E-state index in [9.17, 15) is 0 Å². The highest BCUT2D eigenvalue weighted by Crippen LogP contribution is 2.19. The summed E-state index contributed by atoms with van der Waals surface area (Å²) in [6.07, 6.45) is 0. The van der Waals surface area contributed by atoms with E-state index in [0.717, 1.165) is 49.9 Å². The Balaban J connectivity index is 1.59. The molecule has 1 fully saturated rings. The Morgan fingerprint density at radius 1 is 1.25 bits per heavy atom. The summed E-state index contributed by atoms with van der Waals surface area (Å²) in [6.45, 7) is 11.2. The third-order valence-electron chi connectivity index (χ3n) is 4.77. The van der Waals surface area contributed by atoms with Crippen molar-refractivity contribution in [3.63, 3.8) is 0 Å². The molecule has 0 aromatic carbocycles. The van der Waals surface area contributed by atoms with Crippen LogP contribution in [0.3, 0.4) is 0 Å². The van der Waals surface area contributed by atoms with Crippen LogP contribution in [0.5, 0.6) is 5.88 Å². The maximum atomic E-state index is 5.28. The lowest BCUT2D eigenvalue weighted by Crippen LogP contribution is -2.51. The van der Waals surface area contributed by atoms with Gasteiger partial charge in [0, 0.05) is 50.4 Å². The van der Waals surface area contributed by atoms with Crippen LogP contribution in [0.25, 0.3) is 0 Å². The van der Waals surface area contributed by atoms with Gasteiger partial charge in [-0.15, -0.1) is 0 Å². The van der Waals surface area contributed by atoms with Crippen molar-refractivity contribution in [3.8, 4) is 5.88 Å². The molecule has 0 aliphatic carbocycles. The highest BCUT2D eigenvalue weighted by Gasteiger charge is 2.25. The second kappa shape index (κ2) is 7.32. The fraction of sp³-hybridized carbons (Fsp3) is 0.556. The second-order valence-electron chi connectivity index (χ2n) is 6.53. The molecule has 3 heterocycles. The first-order valence-corrected chi connectivity index (χ1v) is 8.45. The SMILES string of the molecule is COc1cccc(CN2CCN(Cc3c(C)noc3C)CC2C)n1. The average Bonchev–Trinajstić information content (AvgIpc) is 2.89. The van der Waals surface area contributed by atoms with Crippen molar-refractivity contribution in [1.29, 1.82) is 0 Å². The van der Waals surface area contributed by atoms with Gasteiger partial charge in [-0.2, -0.15) is 0 Å². The normalized spacial score (nSPS) is 19.6. The Labute approximate surface area is 143 Å². The minimum absolute atomic E-state index is 0.479. The largest absolute Gasteiger partial charge is 0.481 e. The first-order valence-electron chi connectivity index (χ1n) is 8.45. The lowest BCUT2D eigenvalue weighted by molar-refractivity contribution is 0.0719. The molecule has 130 valence electrons. The number of piperazine rings is 1. The van der Waals surface area contributed by atoms with E-state index in [1.54, 1.807) is 7.11 Å². The molecule has 24 heavy (non-hydrogen) atoms. The number of methoxy groups -OCH3 is 1. The molecular weight excluding hydrogens is 304 g/mol. The van der Waals surface area contributed by atoms with Crippen molar-refractivity contribution in [2.24, 2.45) is 0 Å². The molecule has 0 amide bonds. The zero-order chi connectivity index (χ0) is 17.1. The van der Waals surface area contributed by atoms with Crippen LogP contribution in [-0.4, -0.2) is 52.7 Å². The first kappa shape index (κ1) is 16.9. The van der Waals surface area contributed by atoms with E-state index in [1.807, 2.05) is 26.0 Å². The van der Waals surface area contributed by atoms with Gasteiger partial charge in [0.1, 0.15) is 5.76 Å². The third-order valence-corrected chi connectivity index (χ3v) is 4.77. The number of rotatable bonds is 5. The lowest BCUT2D eigenvalue weighted by atomic mass is 10.1. The van der Waals surface area contributed by atoms with Crippen LogP contribution in [0.2, 0.25) is 0 Å². The Morgan fingerprint density at radius 3 is 2.75 bits per heavy atom. The molecule has 0 N–H and O–H groups in total. The minimum Gasteiger partial charge on any atom is -0.481 e. The quantitative estimate of drug-likeness (QED) is 0.839. The Morgan fingerprint density at radius 2 is 2.08 bits per heavy atom. The van der Waals surface area contributed by atoms with Crippen LogP contribution in [0.1, 0.15) is 29.6 Å². The van der Waals surface area contributed by atoms with Crippen LogP contribution in [0, 0.1) is 13.8 Å². The Hall–Kier alpha value is -1.92. The van der Waals surface area contributed by atoms with Gasteiger partial charge in [-0.05, 0) is 26.8 Å². The van der Waals surface area contributed by atoms with Crippen molar-refractivity contribution in [2.75, 3.05) is 26.7 Å². The van der Waals surface area contributed by atoms with E-state index >= 15 is 0 Å². The van der Waals surface area contributed by atoms with Crippen LogP contribution in [0.4, 0.5) is 0 Å². The van der Waals surface area contributed by atoms with Gasteiger partial charge in [-0.1, -0.05) is 11.2 Å². The maximum Gasteiger partial charge on any atom is 0.213 e. The number of hydrogen-bond donors (Lipinski definition) is 0. The molecule has 1 aliphatic rings. The van der Waals surface area contributed by atoms with Gasteiger partial charge in [0.15, 0.2) is 0 Å². The molecule has 2 aromatic heterocycles. The molecular formula is C18H26N4O2. The number of aryl methyl sites for hydroxylation is 2. The highest BCUT2D eigenvalue weighted by molar-refractivity contribution is 5.20. The summed E-state index contributed by atoms with van der Waals surface area (Å²) < 4.78 is 10.5. The zero-order valence-electron chi connectivity index (χ0n) is 15.0. The monoisotopic (exact) mass is 330 g/mol. The van der Waals surface area contributed by atoms with Gasteiger partial charge < -0.3 is 9.26 Å². The summed E-state index contributed by atoms with van der Waals surface area (Å²) in [7, 11) is 1.65. The smallest absolute Gasteiger partial charge is 0.213 e. The number of pyridine rings is 1. The fourth-order valence-corrected chi connectivity index (χ4v) is 3.27. The Bertz CT molecular complexity index is 666. The number of nitrogens with zero attached hydrogens (tertiary/aromatic N) is 4. The van der Waals surface area contributed by atoms with Gasteiger partial charge in [-0.3, -0.25) is 9.80 Å². The van der Waals surface area contributed by atoms with Gasteiger partial charge in [0.25, 0.3) is 0 Å². The summed E-state index contributed by atoms with van der Waals surface area (Å²) in [5.41, 5.74) is 3.29. The van der Waals surface area contributed by atoms with Gasteiger partial charge in [-0.25, -0.2) is 4.98 Å².